The number of benzene rings is 1. The van der Waals surface area contributed by atoms with Gasteiger partial charge in [-0.25, -0.2) is 0 Å². The van der Waals surface area contributed by atoms with Crippen molar-refractivity contribution in [2.75, 3.05) is 13.1 Å². The van der Waals surface area contributed by atoms with Crippen LogP contribution in [0.1, 0.15) is 29.6 Å². The summed E-state index contributed by atoms with van der Waals surface area (Å²) >= 11 is 0. The van der Waals surface area contributed by atoms with Gasteiger partial charge in [-0.3, -0.25) is 4.79 Å². The molecule has 1 aromatic carbocycles. The molecule has 0 unspecified atom stereocenters. The Morgan fingerprint density at radius 1 is 1.53 bits per heavy atom. The maximum absolute atomic E-state index is 11.7. The van der Waals surface area contributed by atoms with Gasteiger partial charge in [-0.1, -0.05) is 6.07 Å². The molecule has 3 N–H and O–H groups in total. The zero-order valence-corrected chi connectivity index (χ0v) is 9.78. The monoisotopic (exact) mass is 234 g/mol. The van der Waals surface area contributed by atoms with Gasteiger partial charge < -0.3 is 15.7 Å². The number of aromatic hydroxyl groups is 1. The maximum atomic E-state index is 11.7. The number of hydrogen-bond donors (Lipinski definition) is 3. The number of hydrogen-bond acceptors (Lipinski definition) is 3. The molecule has 1 aliphatic heterocycles. The van der Waals surface area contributed by atoms with Crippen LogP contribution in [0.3, 0.4) is 0 Å². The largest absolute Gasteiger partial charge is 0.508 e. The molecule has 0 aliphatic carbocycles. The van der Waals surface area contributed by atoms with E-state index in [4.69, 9.17) is 0 Å². The Morgan fingerprint density at radius 2 is 2.41 bits per heavy atom. The minimum atomic E-state index is -0.126. The van der Waals surface area contributed by atoms with Crippen LogP contribution in [0, 0.1) is 0 Å². The predicted octanol–water partition coefficient (Wildman–Crippen LogP) is 1.26. The molecule has 1 fully saturated rings. The molecule has 4 heteroatoms. The number of nitrogens with one attached hydrogen (secondary N) is 2. The fourth-order valence-corrected chi connectivity index (χ4v) is 2.11. The Kier molecular flexibility index (Phi) is 3.98. The van der Waals surface area contributed by atoms with E-state index in [0.717, 1.165) is 13.0 Å². The first-order valence-corrected chi connectivity index (χ1v) is 6.06. The molecule has 1 amide bonds. The van der Waals surface area contributed by atoms with Crippen LogP contribution in [-0.2, 0) is 0 Å². The van der Waals surface area contributed by atoms with Crippen LogP contribution in [0.15, 0.2) is 24.3 Å². The van der Waals surface area contributed by atoms with Crippen molar-refractivity contribution in [3.8, 4) is 5.75 Å². The number of carbonyl (C=O) groups is 1. The van der Waals surface area contributed by atoms with Gasteiger partial charge in [0.2, 0.25) is 0 Å². The summed E-state index contributed by atoms with van der Waals surface area (Å²) in [5.41, 5.74) is 0.504. The van der Waals surface area contributed by atoms with Crippen LogP contribution >= 0.6 is 0 Å². The first kappa shape index (κ1) is 11.9. The van der Waals surface area contributed by atoms with Crippen molar-refractivity contribution in [1.29, 1.82) is 0 Å². The van der Waals surface area contributed by atoms with Gasteiger partial charge in [0.15, 0.2) is 0 Å². The highest BCUT2D eigenvalue weighted by molar-refractivity contribution is 5.94. The fourth-order valence-electron chi connectivity index (χ4n) is 2.11. The van der Waals surface area contributed by atoms with Crippen LogP contribution < -0.4 is 10.6 Å². The van der Waals surface area contributed by atoms with Crippen molar-refractivity contribution < 1.29 is 9.90 Å². The average Bonchev–Trinajstić information content (AvgIpc) is 2.82. The number of carbonyl (C=O) groups excluding carboxylic acids is 1. The van der Waals surface area contributed by atoms with E-state index in [1.165, 1.54) is 18.9 Å². The average molecular weight is 234 g/mol. The van der Waals surface area contributed by atoms with E-state index in [2.05, 4.69) is 10.6 Å². The molecule has 0 radical (unpaired) electrons. The quantitative estimate of drug-likeness (QED) is 0.735. The summed E-state index contributed by atoms with van der Waals surface area (Å²) in [4.78, 5) is 11.7. The van der Waals surface area contributed by atoms with Crippen LogP contribution in [0.25, 0.3) is 0 Å². The van der Waals surface area contributed by atoms with Gasteiger partial charge in [0, 0.05) is 18.2 Å². The summed E-state index contributed by atoms with van der Waals surface area (Å²) in [6.07, 6.45) is 3.39. The molecule has 0 saturated carbocycles. The normalized spacial score (nSPS) is 19.2. The predicted molar refractivity (Wildman–Crippen MR) is 66.1 cm³/mol. The molecule has 2 rings (SSSR count). The lowest BCUT2D eigenvalue weighted by atomic mass is 10.1. The molecule has 92 valence electrons. The van der Waals surface area contributed by atoms with E-state index < -0.39 is 0 Å². The highest BCUT2D eigenvalue weighted by Gasteiger charge is 2.13. The second-order valence-electron chi connectivity index (χ2n) is 4.39. The molecule has 0 spiro atoms. The zero-order chi connectivity index (χ0) is 12.1. The van der Waals surface area contributed by atoms with Gasteiger partial charge in [-0.2, -0.15) is 0 Å². The molecule has 0 aromatic heterocycles. The van der Waals surface area contributed by atoms with Crippen molar-refractivity contribution in [3.63, 3.8) is 0 Å². The van der Waals surface area contributed by atoms with E-state index >= 15 is 0 Å². The number of rotatable bonds is 4. The summed E-state index contributed by atoms with van der Waals surface area (Å²) in [7, 11) is 0. The SMILES string of the molecule is O=C(NCC[C@@H]1CCCN1)c1cccc(O)c1. The molecule has 4 nitrogen and oxygen atoms in total. The lowest BCUT2D eigenvalue weighted by Crippen LogP contribution is -2.30. The summed E-state index contributed by atoms with van der Waals surface area (Å²) in [5, 5.41) is 15.5. The van der Waals surface area contributed by atoms with Crippen molar-refractivity contribution in [3.05, 3.63) is 29.8 Å². The molecular weight excluding hydrogens is 216 g/mol. The van der Waals surface area contributed by atoms with Crippen LogP contribution in [-0.4, -0.2) is 30.1 Å². The lowest BCUT2D eigenvalue weighted by Gasteiger charge is -2.10. The third-order valence-corrected chi connectivity index (χ3v) is 3.05. The molecule has 1 atom stereocenters. The summed E-state index contributed by atoms with van der Waals surface area (Å²) in [6.45, 7) is 1.76. The molecule has 0 bridgehead atoms. The number of phenols is 1. The molecule has 17 heavy (non-hydrogen) atoms. The van der Waals surface area contributed by atoms with Crippen molar-refractivity contribution in [2.24, 2.45) is 0 Å². The second kappa shape index (κ2) is 5.68. The van der Waals surface area contributed by atoms with E-state index in [1.54, 1.807) is 18.2 Å². The highest BCUT2D eigenvalue weighted by Crippen LogP contribution is 2.11. The minimum absolute atomic E-state index is 0.120. The summed E-state index contributed by atoms with van der Waals surface area (Å²) < 4.78 is 0. The van der Waals surface area contributed by atoms with Gasteiger partial charge in [0.25, 0.3) is 5.91 Å². The molecule has 1 aliphatic rings. The van der Waals surface area contributed by atoms with Crippen LogP contribution in [0.5, 0.6) is 5.75 Å². The van der Waals surface area contributed by atoms with Gasteiger partial charge >= 0.3 is 0 Å². The van der Waals surface area contributed by atoms with E-state index in [-0.39, 0.29) is 11.7 Å². The third-order valence-electron chi connectivity index (χ3n) is 3.05. The van der Waals surface area contributed by atoms with Crippen molar-refractivity contribution >= 4 is 5.91 Å². The van der Waals surface area contributed by atoms with E-state index in [0.29, 0.717) is 18.2 Å². The van der Waals surface area contributed by atoms with Gasteiger partial charge in [-0.05, 0) is 44.0 Å². The first-order chi connectivity index (χ1) is 8.25. The van der Waals surface area contributed by atoms with Crippen molar-refractivity contribution in [2.45, 2.75) is 25.3 Å². The van der Waals surface area contributed by atoms with E-state index in [9.17, 15) is 9.90 Å². The fraction of sp³-hybridized carbons (Fsp3) is 0.462. The van der Waals surface area contributed by atoms with Gasteiger partial charge in [-0.15, -0.1) is 0 Å². The Labute approximate surface area is 101 Å². The highest BCUT2D eigenvalue weighted by atomic mass is 16.3. The Bertz CT molecular complexity index is 387. The Balaban J connectivity index is 1.77. The second-order valence-corrected chi connectivity index (χ2v) is 4.39. The van der Waals surface area contributed by atoms with Crippen LogP contribution in [0.4, 0.5) is 0 Å². The van der Waals surface area contributed by atoms with E-state index in [1.807, 2.05) is 0 Å². The van der Waals surface area contributed by atoms with Crippen molar-refractivity contribution in [1.82, 2.24) is 10.6 Å². The Hall–Kier alpha value is -1.55. The molecule has 1 aromatic rings. The summed E-state index contributed by atoms with van der Waals surface area (Å²) in [6, 6.07) is 6.94. The smallest absolute Gasteiger partial charge is 0.251 e. The number of phenolic OH excluding ortho intramolecular Hbond substituents is 1. The lowest BCUT2D eigenvalue weighted by molar-refractivity contribution is 0.0952. The zero-order valence-electron chi connectivity index (χ0n) is 9.78. The third kappa shape index (κ3) is 3.46. The summed E-state index contributed by atoms with van der Waals surface area (Å²) in [5.74, 6) is -0.00555. The molecule has 1 heterocycles. The topological polar surface area (TPSA) is 61.4 Å². The standard InChI is InChI=1S/C13H18N2O2/c16-12-5-1-3-10(9-12)13(17)15-8-6-11-4-2-7-14-11/h1,3,5,9,11,14,16H,2,4,6-8H2,(H,15,17)/t11-/m0/s1. The van der Waals surface area contributed by atoms with Gasteiger partial charge in [0.1, 0.15) is 5.75 Å². The maximum Gasteiger partial charge on any atom is 0.251 e. The molecule has 1 saturated heterocycles. The number of amides is 1. The Morgan fingerprint density at radius 3 is 3.12 bits per heavy atom. The molecular formula is C13H18N2O2. The first-order valence-electron chi connectivity index (χ1n) is 6.06. The van der Waals surface area contributed by atoms with Crippen LogP contribution in [0.2, 0.25) is 0 Å². The van der Waals surface area contributed by atoms with Gasteiger partial charge in [0.05, 0.1) is 0 Å². The minimum Gasteiger partial charge on any atom is -0.508 e.